The van der Waals surface area contributed by atoms with E-state index in [9.17, 15) is 13.2 Å². The Hall–Kier alpha value is -4.52. The molecule has 5 aromatic rings. The number of H-pyrrole nitrogens is 1. The van der Waals surface area contributed by atoms with Crippen LogP contribution >= 0.6 is 0 Å². The number of hydrogen-bond acceptors (Lipinski definition) is 7. The van der Waals surface area contributed by atoms with Gasteiger partial charge in [-0.3, -0.25) is 0 Å². The van der Waals surface area contributed by atoms with Gasteiger partial charge in [0, 0.05) is 29.9 Å². The number of nitrogens with two attached hydrogens (primary N) is 1. The zero-order valence-corrected chi connectivity index (χ0v) is 19.3. The third kappa shape index (κ3) is 4.93. The molecule has 1 aliphatic rings. The van der Waals surface area contributed by atoms with E-state index < -0.39 is 12.1 Å². The zero-order chi connectivity index (χ0) is 26.2. The molecule has 0 atom stereocenters. The van der Waals surface area contributed by atoms with Crippen LogP contribution in [0.25, 0.3) is 33.3 Å². The van der Waals surface area contributed by atoms with Crippen LogP contribution < -0.4 is 11.1 Å². The lowest BCUT2D eigenvalue weighted by atomic mass is 9.98. The first-order valence-electron chi connectivity index (χ1n) is 11.2. The van der Waals surface area contributed by atoms with Crippen LogP contribution in [0.5, 0.6) is 0 Å². The van der Waals surface area contributed by atoms with Gasteiger partial charge in [-0.1, -0.05) is 18.2 Å². The van der Waals surface area contributed by atoms with E-state index in [1.54, 1.807) is 0 Å². The largest absolute Gasteiger partial charge is 0.490 e. The summed E-state index contributed by atoms with van der Waals surface area (Å²) in [5.41, 5.74) is 13.4. The van der Waals surface area contributed by atoms with Crippen molar-refractivity contribution in [3.05, 3.63) is 65.7 Å². The Morgan fingerprint density at radius 3 is 2.73 bits per heavy atom. The molecule has 37 heavy (non-hydrogen) atoms. The highest BCUT2D eigenvalue weighted by Crippen LogP contribution is 2.31. The Labute approximate surface area is 207 Å². The summed E-state index contributed by atoms with van der Waals surface area (Å²) in [5, 5.41) is 17.2. The third-order valence-corrected chi connectivity index (χ3v) is 5.96. The maximum atomic E-state index is 10.6. The molecule has 0 saturated carbocycles. The lowest BCUT2D eigenvalue weighted by Gasteiger charge is -2.18. The van der Waals surface area contributed by atoms with Crippen LogP contribution in [0.1, 0.15) is 16.7 Å². The van der Waals surface area contributed by atoms with Crippen molar-refractivity contribution in [2.45, 2.75) is 25.7 Å². The number of aliphatic carboxylic acids is 1. The monoisotopic (exact) mass is 510 g/mol. The second-order valence-corrected chi connectivity index (χ2v) is 8.44. The van der Waals surface area contributed by atoms with Crippen LogP contribution in [0.15, 0.2) is 49.1 Å². The van der Waals surface area contributed by atoms with Crippen molar-refractivity contribution in [2.24, 2.45) is 0 Å². The van der Waals surface area contributed by atoms with Crippen LogP contribution in [-0.4, -0.2) is 53.5 Å². The number of fused-ring (bicyclic) bond motifs is 3. The van der Waals surface area contributed by atoms with Crippen molar-refractivity contribution >= 4 is 33.9 Å². The highest BCUT2D eigenvalue weighted by Gasteiger charge is 2.38. The number of aromatic nitrogens is 6. The molecular formula is C24H21F3N8O2. The topological polar surface area (TPSA) is 148 Å². The van der Waals surface area contributed by atoms with E-state index in [4.69, 9.17) is 20.7 Å². The Kier molecular flexibility index (Phi) is 6.21. The van der Waals surface area contributed by atoms with Crippen LogP contribution in [0.4, 0.5) is 19.0 Å². The summed E-state index contributed by atoms with van der Waals surface area (Å²) in [7, 11) is 0. The number of anilines is 1. The molecule has 0 saturated heterocycles. The summed E-state index contributed by atoms with van der Waals surface area (Å²) in [4.78, 5) is 25.2. The fourth-order valence-electron chi connectivity index (χ4n) is 4.21. The van der Waals surface area contributed by atoms with Crippen molar-refractivity contribution in [1.29, 1.82) is 0 Å². The van der Waals surface area contributed by atoms with Gasteiger partial charge in [0.05, 0.1) is 11.9 Å². The SMILES string of the molecule is Nc1ncnc2c1c(-c1cnc3[nH]ccc3c1)nn2Cc1ccc2c(c1)CCNC2.O=C(O)C(F)(F)F. The van der Waals surface area contributed by atoms with Gasteiger partial charge >= 0.3 is 12.1 Å². The minimum atomic E-state index is -5.08. The summed E-state index contributed by atoms with van der Waals surface area (Å²) in [6, 6.07) is 10.7. The molecule has 0 fully saturated rings. The van der Waals surface area contributed by atoms with Gasteiger partial charge in [0.15, 0.2) is 5.65 Å². The van der Waals surface area contributed by atoms with Gasteiger partial charge in [0.2, 0.25) is 0 Å². The fourth-order valence-corrected chi connectivity index (χ4v) is 4.21. The number of nitrogens with one attached hydrogen (secondary N) is 2. The van der Waals surface area contributed by atoms with Gasteiger partial charge < -0.3 is 21.1 Å². The van der Waals surface area contributed by atoms with E-state index in [-0.39, 0.29) is 0 Å². The highest BCUT2D eigenvalue weighted by atomic mass is 19.4. The van der Waals surface area contributed by atoms with Gasteiger partial charge in [-0.2, -0.15) is 18.3 Å². The normalized spacial score (nSPS) is 13.3. The number of carboxylic acid groups (broad SMARTS) is 1. The van der Waals surface area contributed by atoms with Gasteiger partial charge in [-0.05, 0) is 41.8 Å². The predicted octanol–water partition coefficient (Wildman–Crippen LogP) is 3.28. The van der Waals surface area contributed by atoms with Crippen LogP contribution in [0.2, 0.25) is 0 Å². The fraction of sp³-hybridized carbons (Fsp3) is 0.208. The quantitative estimate of drug-likeness (QED) is 0.289. The summed E-state index contributed by atoms with van der Waals surface area (Å²) in [6.45, 7) is 2.57. The summed E-state index contributed by atoms with van der Waals surface area (Å²) in [6.07, 6.45) is 1.14. The second kappa shape index (κ2) is 9.50. The molecule has 0 aliphatic carbocycles. The molecule has 5 N–H and O–H groups in total. The van der Waals surface area contributed by atoms with E-state index in [0.717, 1.165) is 52.8 Å². The summed E-state index contributed by atoms with van der Waals surface area (Å²) in [5.74, 6) is -2.33. The number of aromatic amines is 1. The molecule has 0 radical (unpaired) electrons. The van der Waals surface area contributed by atoms with Crippen molar-refractivity contribution < 1.29 is 23.1 Å². The minimum absolute atomic E-state index is 0.423. The number of rotatable bonds is 3. The highest BCUT2D eigenvalue weighted by molar-refractivity contribution is 5.99. The van der Waals surface area contributed by atoms with Gasteiger partial charge in [-0.15, -0.1) is 0 Å². The number of benzene rings is 1. The number of alkyl halides is 3. The van der Waals surface area contributed by atoms with E-state index in [1.807, 2.05) is 23.1 Å². The van der Waals surface area contributed by atoms with Gasteiger partial charge in [-0.25, -0.2) is 24.4 Å². The summed E-state index contributed by atoms with van der Waals surface area (Å²) >= 11 is 0. The Bertz CT molecular complexity index is 1610. The zero-order valence-electron chi connectivity index (χ0n) is 19.3. The van der Waals surface area contributed by atoms with Crippen LogP contribution in [-0.2, 0) is 24.3 Å². The summed E-state index contributed by atoms with van der Waals surface area (Å²) < 4.78 is 33.6. The van der Waals surface area contributed by atoms with Gasteiger partial charge in [0.1, 0.15) is 23.5 Å². The molecule has 1 aliphatic heterocycles. The molecule has 0 spiro atoms. The number of halogens is 3. The first-order chi connectivity index (χ1) is 17.7. The van der Waals surface area contributed by atoms with E-state index in [0.29, 0.717) is 12.4 Å². The number of nitrogen functional groups attached to an aromatic ring is 1. The smallest absolute Gasteiger partial charge is 0.475 e. The number of nitrogens with zero attached hydrogens (tertiary/aromatic N) is 5. The average Bonchev–Trinajstić information content (AvgIpc) is 3.49. The van der Waals surface area contributed by atoms with Crippen molar-refractivity contribution in [2.75, 3.05) is 12.3 Å². The van der Waals surface area contributed by atoms with E-state index in [1.165, 1.54) is 23.0 Å². The molecule has 0 amide bonds. The molecule has 13 heteroatoms. The molecule has 5 heterocycles. The van der Waals surface area contributed by atoms with E-state index in [2.05, 4.69) is 49.5 Å². The van der Waals surface area contributed by atoms with Crippen LogP contribution in [0.3, 0.4) is 0 Å². The average molecular weight is 510 g/mol. The number of carboxylic acids is 1. The molecule has 10 nitrogen and oxygen atoms in total. The maximum Gasteiger partial charge on any atom is 0.490 e. The molecule has 1 aromatic carbocycles. The second-order valence-electron chi connectivity index (χ2n) is 8.44. The third-order valence-electron chi connectivity index (χ3n) is 5.96. The molecule has 190 valence electrons. The molecule has 6 rings (SSSR count). The minimum Gasteiger partial charge on any atom is -0.475 e. The predicted molar refractivity (Wildman–Crippen MR) is 129 cm³/mol. The Morgan fingerprint density at radius 1 is 1.14 bits per heavy atom. The lowest BCUT2D eigenvalue weighted by molar-refractivity contribution is -0.192. The molecule has 0 unspecified atom stereocenters. The molecular weight excluding hydrogens is 489 g/mol. The van der Waals surface area contributed by atoms with Crippen molar-refractivity contribution in [1.82, 2.24) is 35.0 Å². The van der Waals surface area contributed by atoms with Crippen molar-refractivity contribution in [3.63, 3.8) is 0 Å². The number of hydrogen-bond donors (Lipinski definition) is 4. The first kappa shape index (κ1) is 24.2. The standard InChI is InChI=1S/C22H20N8.C2HF3O2/c23-20-18-19(17-8-15-4-6-25-21(15)26-10-17)29-30(22(18)28-12-27-20)11-13-1-2-16-9-24-5-3-14(16)7-13;3-2(4,5)1(6)7/h1-2,4,6-8,10,12,24H,3,5,9,11H2,(H,25,26)(H2,23,27,28);(H,6,7). The Morgan fingerprint density at radius 2 is 1.95 bits per heavy atom. The number of pyridine rings is 1. The Balaban J connectivity index is 0.000000355. The lowest BCUT2D eigenvalue weighted by Crippen LogP contribution is -2.23. The number of carbonyl (C=O) groups is 1. The molecule has 0 bridgehead atoms. The molecule has 4 aromatic heterocycles. The van der Waals surface area contributed by atoms with Gasteiger partial charge in [0.25, 0.3) is 0 Å². The first-order valence-corrected chi connectivity index (χ1v) is 11.2. The maximum absolute atomic E-state index is 10.6. The van der Waals surface area contributed by atoms with Crippen molar-refractivity contribution in [3.8, 4) is 11.3 Å². The van der Waals surface area contributed by atoms with Crippen LogP contribution in [0, 0.1) is 0 Å². The van der Waals surface area contributed by atoms with E-state index >= 15 is 0 Å².